The lowest BCUT2D eigenvalue weighted by Gasteiger charge is -2.40. The van der Waals surface area contributed by atoms with Crippen molar-refractivity contribution in [3.05, 3.63) is 35.9 Å². The van der Waals surface area contributed by atoms with Crippen molar-refractivity contribution >= 4 is 5.97 Å². The van der Waals surface area contributed by atoms with Crippen molar-refractivity contribution in [3.8, 4) is 0 Å². The van der Waals surface area contributed by atoms with Crippen molar-refractivity contribution in [3.63, 3.8) is 0 Å². The second-order valence-electron chi connectivity index (χ2n) is 6.22. The Morgan fingerprint density at radius 3 is 2.61 bits per heavy atom. The molecule has 0 amide bonds. The standard InChI is InChI=1S/C18H26O5/c1-18(2)22-15(11-16(23-18)12-17(19)20-3)9-10-21-13-14-7-5-4-6-8-14/h4-8,15-16H,9-13H2,1-3H3/t15-,16-/m0/s1. The first-order valence-corrected chi connectivity index (χ1v) is 8.02. The summed E-state index contributed by atoms with van der Waals surface area (Å²) in [6.45, 7) is 4.95. The number of hydrogen-bond donors (Lipinski definition) is 0. The lowest BCUT2D eigenvalue weighted by atomic mass is 10.0. The third-order valence-corrected chi connectivity index (χ3v) is 3.74. The predicted octanol–water partition coefficient (Wildman–Crippen LogP) is 3.07. The Labute approximate surface area is 137 Å². The lowest BCUT2D eigenvalue weighted by Crippen LogP contribution is -2.45. The molecule has 1 aromatic carbocycles. The van der Waals surface area contributed by atoms with Crippen molar-refractivity contribution in [2.75, 3.05) is 13.7 Å². The summed E-state index contributed by atoms with van der Waals surface area (Å²) in [6, 6.07) is 10.1. The molecule has 1 heterocycles. The smallest absolute Gasteiger partial charge is 0.308 e. The normalized spacial score (nSPS) is 23.4. The molecule has 0 aromatic heterocycles. The second-order valence-corrected chi connectivity index (χ2v) is 6.22. The van der Waals surface area contributed by atoms with E-state index in [2.05, 4.69) is 0 Å². The van der Waals surface area contributed by atoms with Crippen molar-refractivity contribution in [2.45, 2.75) is 57.7 Å². The third-order valence-electron chi connectivity index (χ3n) is 3.74. The van der Waals surface area contributed by atoms with Gasteiger partial charge in [-0.1, -0.05) is 30.3 Å². The number of benzene rings is 1. The van der Waals surface area contributed by atoms with E-state index in [0.717, 1.165) is 12.0 Å². The number of carbonyl (C=O) groups is 1. The Kier molecular flexibility index (Phi) is 6.57. The van der Waals surface area contributed by atoms with Crippen molar-refractivity contribution in [2.24, 2.45) is 0 Å². The lowest BCUT2D eigenvalue weighted by molar-refractivity contribution is -0.301. The van der Waals surface area contributed by atoms with Gasteiger partial charge in [0.25, 0.3) is 0 Å². The van der Waals surface area contributed by atoms with Gasteiger partial charge in [0.1, 0.15) is 0 Å². The van der Waals surface area contributed by atoms with Gasteiger partial charge < -0.3 is 18.9 Å². The van der Waals surface area contributed by atoms with Gasteiger partial charge in [0.05, 0.1) is 32.3 Å². The fourth-order valence-electron chi connectivity index (χ4n) is 2.77. The molecule has 0 unspecified atom stereocenters. The van der Waals surface area contributed by atoms with E-state index in [1.807, 2.05) is 44.2 Å². The van der Waals surface area contributed by atoms with Crippen molar-refractivity contribution < 1.29 is 23.7 Å². The highest BCUT2D eigenvalue weighted by molar-refractivity contribution is 5.69. The maximum Gasteiger partial charge on any atom is 0.308 e. The molecule has 1 aliphatic rings. The number of rotatable bonds is 7. The molecule has 1 saturated heterocycles. The van der Waals surface area contributed by atoms with Crippen LogP contribution in [0.3, 0.4) is 0 Å². The van der Waals surface area contributed by atoms with Crippen LogP contribution < -0.4 is 0 Å². The maximum atomic E-state index is 11.4. The number of methoxy groups -OCH3 is 1. The molecule has 1 fully saturated rings. The van der Waals surface area contributed by atoms with E-state index >= 15 is 0 Å². The summed E-state index contributed by atoms with van der Waals surface area (Å²) in [7, 11) is 1.39. The summed E-state index contributed by atoms with van der Waals surface area (Å²) >= 11 is 0. The van der Waals surface area contributed by atoms with Gasteiger partial charge in [0.15, 0.2) is 5.79 Å². The largest absolute Gasteiger partial charge is 0.469 e. The predicted molar refractivity (Wildman–Crippen MR) is 85.8 cm³/mol. The molecule has 0 spiro atoms. The van der Waals surface area contributed by atoms with Gasteiger partial charge in [0.2, 0.25) is 0 Å². The highest BCUT2D eigenvalue weighted by Gasteiger charge is 2.36. The van der Waals surface area contributed by atoms with Crippen LogP contribution in [0.2, 0.25) is 0 Å². The minimum atomic E-state index is -0.693. The van der Waals surface area contributed by atoms with E-state index in [1.165, 1.54) is 7.11 Å². The van der Waals surface area contributed by atoms with E-state index in [9.17, 15) is 4.79 Å². The number of carbonyl (C=O) groups excluding carboxylic acids is 1. The number of esters is 1. The van der Waals surface area contributed by atoms with Crippen molar-refractivity contribution in [1.29, 1.82) is 0 Å². The van der Waals surface area contributed by atoms with Gasteiger partial charge in [-0.15, -0.1) is 0 Å². The number of ether oxygens (including phenoxy) is 4. The summed E-state index contributed by atoms with van der Waals surface area (Å²) in [5.41, 5.74) is 1.16. The molecule has 2 atom stereocenters. The summed E-state index contributed by atoms with van der Waals surface area (Å²) in [5, 5.41) is 0. The molecule has 2 rings (SSSR count). The van der Waals surface area contributed by atoms with Gasteiger partial charge >= 0.3 is 5.97 Å². The molecule has 0 saturated carbocycles. The second kappa shape index (κ2) is 8.43. The van der Waals surface area contributed by atoms with Gasteiger partial charge in [-0.3, -0.25) is 4.79 Å². The van der Waals surface area contributed by atoms with E-state index < -0.39 is 5.79 Å². The number of hydrogen-bond acceptors (Lipinski definition) is 5. The Hall–Kier alpha value is -1.43. The average Bonchev–Trinajstić information content (AvgIpc) is 2.51. The summed E-state index contributed by atoms with van der Waals surface area (Å²) in [6.07, 6.45) is 1.55. The fourth-order valence-corrected chi connectivity index (χ4v) is 2.77. The van der Waals surface area contributed by atoms with Gasteiger partial charge in [-0.2, -0.15) is 0 Å². The van der Waals surface area contributed by atoms with Gasteiger partial charge in [0, 0.05) is 13.0 Å². The Morgan fingerprint density at radius 1 is 1.22 bits per heavy atom. The summed E-state index contributed by atoms with van der Waals surface area (Å²) in [4.78, 5) is 11.4. The van der Waals surface area contributed by atoms with Crippen LogP contribution in [0.15, 0.2) is 30.3 Å². The van der Waals surface area contributed by atoms with Crippen molar-refractivity contribution in [1.82, 2.24) is 0 Å². The monoisotopic (exact) mass is 322 g/mol. The minimum absolute atomic E-state index is 0.0178. The zero-order valence-corrected chi connectivity index (χ0v) is 14.1. The molecular weight excluding hydrogens is 296 g/mol. The van der Waals surface area contributed by atoms with Crippen LogP contribution >= 0.6 is 0 Å². The summed E-state index contributed by atoms with van der Waals surface area (Å²) < 4.78 is 22.1. The Bertz CT molecular complexity index is 485. The minimum Gasteiger partial charge on any atom is -0.469 e. The molecule has 0 N–H and O–H groups in total. The van der Waals surface area contributed by atoms with Gasteiger partial charge in [-0.05, 0) is 25.8 Å². The Morgan fingerprint density at radius 2 is 1.91 bits per heavy atom. The zero-order valence-electron chi connectivity index (χ0n) is 14.1. The van der Waals surface area contributed by atoms with Crippen LogP contribution in [0.1, 0.15) is 38.7 Å². The zero-order chi connectivity index (χ0) is 16.7. The first kappa shape index (κ1) is 17.9. The first-order valence-electron chi connectivity index (χ1n) is 8.02. The van der Waals surface area contributed by atoms with Crippen LogP contribution in [0, 0.1) is 0 Å². The van der Waals surface area contributed by atoms with Crippen LogP contribution in [0.4, 0.5) is 0 Å². The molecular formula is C18H26O5. The van der Waals surface area contributed by atoms with Gasteiger partial charge in [-0.25, -0.2) is 0 Å². The highest BCUT2D eigenvalue weighted by Crippen LogP contribution is 2.30. The highest BCUT2D eigenvalue weighted by atomic mass is 16.7. The van der Waals surface area contributed by atoms with Crippen LogP contribution in [0.25, 0.3) is 0 Å². The quantitative estimate of drug-likeness (QED) is 0.570. The van der Waals surface area contributed by atoms with E-state index in [4.69, 9.17) is 18.9 Å². The molecule has 5 nitrogen and oxygen atoms in total. The van der Waals surface area contributed by atoms with Crippen LogP contribution in [0.5, 0.6) is 0 Å². The first-order chi connectivity index (χ1) is 11.0. The van der Waals surface area contributed by atoms with Crippen LogP contribution in [-0.2, 0) is 30.3 Å². The molecule has 128 valence electrons. The average molecular weight is 322 g/mol. The molecule has 1 aliphatic heterocycles. The SMILES string of the molecule is COC(=O)C[C@@H]1C[C@H](CCOCc2ccccc2)OC(C)(C)O1. The molecule has 0 bridgehead atoms. The van der Waals surface area contributed by atoms with E-state index in [1.54, 1.807) is 0 Å². The maximum absolute atomic E-state index is 11.4. The molecule has 0 radical (unpaired) electrons. The molecule has 0 aliphatic carbocycles. The Balaban J connectivity index is 1.75. The molecule has 23 heavy (non-hydrogen) atoms. The van der Waals surface area contributed by atoms with Crippen LogP contribution in [-0.4, -0.2) is 37.7 Å². The third kappa shape index (κ3) is 6.29. The topological polar surface area (TPSA) is 54.0 Å². The fraction of sp³-hybridized carbons (Fsp3) is 0.611. The van der Waals surface area contributed by atoms with E-state index in [-0.39, 0.29) is 24.6 Å². The van der Waals surface area contributed by atoms with E-state index in [0.29, 0.717) is 19.6 Å². The summed E-state index contributed by atoms with van der Waals surface area (Å²) in [5.74, 6) is -0.951. The molecule has 1 aromatic rings. The molecule has 5 heteroatoms.